The SMILES string of the molecule is COC(=O)C1(c2ccc(Oc3ccc(Cl)cc3)cc2C)CO1. The van der Waals surface area contributed by atoms with Crippen molar-refractivity contribution in [1.29, 1.82) is 0 Å². The van der Waals surface area contributed by atoms with Gasteiger partial charge in [0.15, 0.2) is 0 Å². The van der Waals surface area contributed by atoms with Crippen molar-refractivity contribution in [2.24, 2.45) is 0 Å². The Hall–Kier alpha value is -2.04. The summed E-state index contributed by atoms with van der Waals surface area (Å²) in [6.07, 6.45) is 0. The molecule has 0 saturated carbocycles. The van der Waals surface area contributed by atoms with Gasteiger partial charge in [0.1, 0.15) is 11.5 Å². The molecule has 22 heavy (non-hydrogen) atoms. The molecule has 1 heterocycles. The van der Waals surface area contributed by atoms with Crippen LogP contribution in [-0.4, -0.2) is 19.7 Å². The molecule has 1 aliphatic heterocycles. The van der Waals surface area contributed by atoms with Gasteiger partial charge in [-0.05, 0) is 48.9 Å². The summed E-state index contributed by atoms with van der Waals surface area (Å²) in [6, 6.07) is 12.6. The van der Waals surface area contributed by atoms with E-state index in [2.05, 4.69) is 0 Å². The van der Waals surface area contributed by atoms with Crippen molar-refractivity contribution < 1.29 is 19.0 Å². The van der Waals surface area contributed by atoms with Crippen molar-refractivity contribution >= 4 is 17.6 Å². The number of epoxide rings is 1. The van der Waals surface area contributed by atoms with Gasteiger partial charge in [0, 0.05) is 10.6 Å². The van der Waals surface area contributed by atoms with Crippen LogP contribution in [-0.2, 0) is 19.9 Å². The van der Waals surface area contributed by atoms with Gasteiger partial charge in [0.2, 0.25) is 5.60 Å². The highest BCUT2D eigenvalue weighted by Crippen LogP contribution is 2.42. The second-order valence-corrected chi connectivity index (χ2v) is 5.58. The average molecular weight is 319 g/mol. The number of benzene rings is 2. The molecule has 5 heteroatoms. The van der Waals surface area contributed by atoms with Crippen LogP contribution in [0.4, 0.5) is 0 Å². The Morgan fingerprint density at radius 3 is 2.36 bits per heavy atom. The molecule has 0 aromatic heterocycles. The van der Waals surface area contributed by atoms with E-state index in [1.54, 1.807) is 24.3 Å². The Kier molecular flexibility index (Phi) is 3.81. The molecular formula is C17H15ClO4. The Morgan fingerprint density at radius 2 is 1.82 bits per heavy atom. The van der Waals surface area contributed by atoms with E-state index >= 15 is 0 Å². The van der Waals surface area contributed by atoms with E-state index in [0.29, 0.717) is 23.1 Å². The first-order valence-electron chi connectivity index (χ1n) is 6.82. The number of ether oxygens (including phenoxy) is 3. The number of methoxy groups -OCH3 is 1. The van der Waals surface area contributed by atoms with Gasteiger partial charge >= 0.3 is 5.97 Å². The Balaban J connectivity index is 1.84. The quantitative estimate of drug-likeness (QED) is 0.635. The van der Waals surface area contributed by atoms with Gasteiger partial charge in [0.25, 0.3) is 0 Å². The summed E-state index contributed by atoms with van der Waals surface area (Å²) in [6.45, 7) is 2.26. The van der Waals surface area contributed by atoms with Gasteiger partial charge in [0.05, 0.1) is 13.7 Å². The second-order valence-electron chi connectivity index (χ2n) is 5.14. The van der Waals surface area contributed by atoms with E-state index in [1.807, 2.05) is 25.1 Å². The van der Waals surface area contributed by atoms with Crippen molar-refractivity contribution in [3.8, 4) is 11.5 Å². The molecule has 1 unspecified atom stereocenters. The van der Waals surface area contributed by atoms with E-state index in [1.165, 1.54) is 7.11 Å². The van der Waals surface area contributed by atoms with Gasteiger partial charge in [-0.15, -0.1) is 0 Å². The summed E-state index contributed by atoms with van der Waals surface area (Å²) < 4.78 is 15.9. The lowest BCUT2D eigenvalue weighted by Gasteiger charge is -2.14. The molecule has 3 rings (SSSR count). The fourth-order valence-corrected chi connectivity index (χ4v) is 2.54. The van der Waals surface area contributed by atoms with Crippen LogP contribution in [0.15, 0.2) is 42.5 Å². The van der Waals surface area contributed by atoms with Gasteiger partial charge in [-0.3, -0.25) is 0 Å². The van der Waals surface area contributed by atoms with Crippen molar-refractivity contribution in [3.05, 3.63) is 58.6 Å². The summed E-state index contributed by atoms with van der Waals surface area (Å²) in [7, 11) is 1.36. The lowest BCUT2D eigenvalue weighted by Crippen LogP contribution is -2.24. The molecular weight excluding hydrogens is 304 g/mol. The minimum atomic E-state index is -0.947. The molecule has 2 aromatic rings. The third kappa shape index (κ3) is 2.67. The Morgan fingerprint density at radius 1 is 1.18 bits per heavy atom. The first-order valence-corrected chi connectivity index (χ1v) is 7.20. The topological polar surface area (TPSA) is 48.1 Å². The highest BCUT2D eigenvalue weighted by molar-refractivity contribution is 6.30. The molecule has 4 nitrogen and oxygen atoms in total. The molecule has 114 valence electrons. The fraction of sp³-hybridized carbons (Fsp3) is 0.235. The van der Waals surface area contributed by atoms with Gasteiger partial charge < -0.3 is 14.2 Å². The van der Waals surface area contributed by atoms with E-state index in [-0.39, 0.29) is 5.97 Å². The number of aryl methyl sites for hydroxylation is 1. The standard InChI is InChI=1S/C17H15ClO4/c1-11-9-14(22-13-5-3-12(18)4-6-13)7-8-15(11)17(10-21-17)16(19)20-2/h3-9H,10H2,1-2H3. The maximum Gasteiger partial charge on any atom is 0.345 e. The molecule has 0 spiro atoms. The zero-order chi connectivity index (χ0) is 15.7. The number of hydrogen-bond donors (Lipinski definition) is 0. The third-order valence-electron chi connectivity index (χ3n) is 3.63. The first-order chi connectivity index (χ1) is 10.5. The van der Waals surface area contributed by atoms with Crippen LogP contribution in [0.2, 0.25) is 5.02 Å². The normalized spacial score (nSPS) is 19.6. The van der Waals surface area contributed by atoms with Crippen LogP contribution < -0.4 is 4.74 Å². The molecule has 2 aromatic carbocycles. The molecule has 0 amide bonds. The van der Waals surface area contributed by atoms with Crippen LogP contribution in [0.5, 0.6) is 11.5 Å². The smallest absolute Gasteiger partial charge is 0.345 e. The monoisotopic (exact) mass is 318 g/mol. The summed E-state index contributed by atoms with van der Waals surface area (Å²) in [5, 5.41) is 0.657. The zero-order valence-corrected chi connectivity index (χ0v) is 13.0. The summed E-state index contributed by atoms with van der Waals surface area (Å²) in [5.74, 6) is 1.01. The minimum Gasteiger partial charge on any atom is -0.467 e. The van der Waals surface area contributed by atoms with E-state index < -0.39 is 5.60 Å². The number of hydrogen-bond acceptors (Lipinski definition) is 4. The van der Waals surface area contributed by atoms with Crippen molar-refractivity contribution in [3.63, 3.8) is 0 Å². The Bertz CT molecular complexity index is 705. The number of esters is 1. The predicted molar refractivity (Wildman–Crippen MR) is 82.4 cm³/mol. The van der Waals surface area contributed by atoms with Crippen LogP contribution in [0.1, 0.15) is 11.1 Å². The van der Waals surface area contributed by atoms with E-state index in [4.69, 9.17) is 25.8 Å². The Labute approximate surface area is 133 Å². The zero-order valence-electron chi connectivity index (χ0n) is 12.3. The molecule has 0 radical (unpaired) electrons. The summed E-state index contributed by atoms with van der Waals surface area (Å²) >= 11 is 5.85. The van der Waals surface area contributed by atoms with Crippen molar-refractivity contribution in [2.75, 3.05) is 13.7 Å². The maximum absolute atomic E-state index is 11.9. The molecule has 0 bridgehead atoms. The van der Waals surface area contributed by atoms with Crippen LogP contribution in [0.3, 0.4) is 0 Å². The fourth-order valence-electron chi connectivity index (χ4n) is 2.41. The largest absolute Gasteiger partial charge is 0.467 e. The highest BCUT2D eigenvalue weighted by Gasteiger charge is 2.56. The minimum absolute atomic E-state index is 0.345. The molecule has 1 aliphatic rings. The van der Waals surface area contributed by atoms with Crippen LogP contribution >= 0.6 is 11.6 Å². The predicted octanol–water partition coefficient (Wildman–Crippen LogP) is 3.84. The number of carbonyl (C=O) groups is 1. The lowest BCUT2D eigenvalue weighted by atomic mass is 9.95. The average Bonchev–Trinajstić information content (AvgIpc) is 3.30. The van der Waals surface area contributed by atoms with E-state index in [0.717, 1.165) is 11.1 Å². The lowest BCUT2D eigenvalue weighted by molar-refractivity contribution is -0.147. The number of carbonyl (C=O) groups excluding carboxylic acids is 1. The molecule has 1 atom stereocenters. The van der Waals surface area contributed by atoms with E-state index in [9.17, 15) is 4.79 Å². The highest BCUT2D eigenvalue weighted by atomic mass is 35.5. The van der Waals surface area contributed by atoms with Gasteiger partial charge in [-0.25, -0.2) is 4.79 Å². The molecule has 0 N–H and O–H groups in total. The summed E-state index contributed by atoms with van der Waals surface area (Å²) in [4.78, 5) is 11.9. The molecule has 0 aliphatic carbocycles. The molecule has 1 saturated heterocycles. The van der Waals surface area contributed by atoms with Gasteiger partial charge in [-0.1, -0.05) is 17.7 Å². The third-order valence-corrected chi connectivity index (χ3v) is 3.88. The van der Waals surface area contributed by atoms with Crippen molar-refractivity contribution in [1.82, 2.24) is 0 Å². The summed E-state index contributed by atoms with van der Waals surface area (Å²) in [5.41, 5.74) is 0.773. The number of rotatable bonds is 4. The maximum atomic E-state index is 11.9. The number of halogens is 1. The van der Waals surface area contributed by atoms with Crippen LogP contribution in [0.25, 0.3) is 0 Å². The molecule has 1 fully saturated rings. The van der Waals surface area contributed by atoms with Gasteiger partial charge in [-0.2, -0.15) is 0 Å². The van der Waals surface area contributed by atoms with Crippen LogP contribution in [0, 0.1) is 6.92 Å². The first kappa shape index (κ1) is 14.9. The second kappa shape index (κ2) is 5.63. The van der Waals surface area contributed by atoms with Crippen molar-refractivity contribution in [2.45, 2.75) is 12.5 Å².